The second kappa shape index (κ2) is 5.76. The Morgan fingerprint density at radius 3 is 2.94 bits per heavy atom. The van der Waals surface area contributed by atoms with E-state index in [9.17, 15) is 0 Å². The first-order chi connectivity index (χ1) is 8.35. The molecule has 0 unspecified atom stereocenters. The molecule has 0 saturated carbocycles. The van der Waals surface area contributed by atoms with Gasteiger partial charge < -0.3 is 9.47 Å². The lowest BCUT2D eigenvalue weighted by Gasteiger charge is -2.13. The first kappa shape index (κ1) is 12.0. The summed E-state index contributed by atoms with van der Waals surface area (Å²) in [6.45, 7) is 2.83. The average molecular weight is 231 g/mol. The Bertz CT molecular complexity index is 408. The van der Waals surface area contributed by atoms with Gasteiger partial charge in [-0.1, -0.05) is 13.0 Å². The molecule has 0 amide bonds. The molecule has 0 heterocycles. The molecule has 0 aliphatic heterocycles. The molecular formula is C15H19O2. The molecule has 91 valence electrons. The summed E-state index contributed by atoms with van der Waals surface area (Å²) >= 11 is 0. The van der Waals surface area contributed by atoms with Gasteiger partial charge in [-0.25, -0.2) is 0 Å². The lowest BCUT2D eigenvalue weighted by Crippen LogP contribution is -2.00. The van der Waals surface area contributed by atoms with Gasteiger partial charge in [0.05, 0.1) is 13.7 Å². The van der Waals surface area contributed by atoms with Crippen LogP contribution in [-0.2, 0) is 6.42 Å². The molecular weight excluding hydrogens is 212 g/mol. The molecule has 1 aliphatic rings. The minimum Gasteiger partial charge on any atom is -0.493 e. The van der Waals surface area contributed by atoms with Crippen LogP contribution in [0.2, 0.25) is 0 Å². The van der Waals surface area contributed by atoms with Gasteiger partial charge in [0, 0.05) is 0 Å². The third kappa shape index (κ3) is 2.82. The zero-order valence-corrected chi connectivity index (χ0v) is 10.6. The zero-order chi connectivity index (χ0) is 12.1. The van der Waals surface area contributed by atoms with Crippen LogP contribution in [0.1, 0.15) is 37.3 Å². The molecule has 0 atom stereocenters. The Balaban J connectivity index is 2.34. The lowest BCUT2D eigenvalue weighted by molar-refractivity contribution is 0.294. The van der Waals surface area contributed by atoms with Crippen LogP contribution in [0.5, 0.6) is 11.5 Å². The molecule has 2 nitrogen and oxygen atoms in total. The summed E-state index contributed by atoms with van der Waals surface area (Å²) in [4.78, 5) is 0. The maximum Gasteiger partial charge on any atom is 0.161 e. The smallest absolute Gasteiger partial charge is 0.161 e. The summed E-state index contributed by atoms with van der Waals surface area (Å²) < 4.78 is 11.1. The van der Waals surface area contributed by atoms with Crippen LogP contribution in [-0.4, -0.2) is 13.7 Å². The number of fused-ring (bicyclic) bond motifs is 1. The molecule has 0 saturated heterocycles. The minimum absolute atomic E-state index is 0.725. The van der Waals surface area contributed by atoms with Gasteiger partial charge in [0.15, 0.2) is 11.5 Å². The Morgan fingerprint density at radius 1 is 1.29 bits per heavy atom. The predicted octanol–water partition coefficient (Wildman–Crippen LogP) is 3.64. The Labute approximate surface area is 103 Å². The molecule has 0 fully saturated rings. The number of ether oxygens (including phenoxy) is 2. The lowest BCUT2D eigenvalue weighted by atomic mass is 10.0. The van der Waals surface area contributed by atoms with Crippen LogP contribution in [0, 0.1) is 6.08 Å². The van der Waals surface area contributed by atoms with E-state index in [-0.39, 0.29) is 0 Å². The van der Waals surface area contributed by atoms with Crippen LogP contribution in [0.3, 0.4) is 0 Å². The highest BCUT2D eigenvalue weighted by atomic mass is 16.5. The van der Waals surface area contributed by atoms with Gasteiger partial charge in [-0.2, -0.15) is 0 Å². The normalized spacial score (nSPS) is 14.0. The summed E-state index contributed by atoms with van der Waals surface area (Å²) in [5, 5.41) is 0. The van der Waals surface area contributed by atoms with Crippen molar-refractivity contribution in [1.82, 2.24) is 0 Å². The zero-order valence-electron chi connectivity index (χ0n) is 10.6. The molecule has 0 N–H and O–H groups in total. The van der Waals surface area contributed by atoms with Gasteiger partial charge in [-0.3, -0.25) is 0 Å². The van der Waals surface area contributed by atoms with E-state index in [1.807, 2.05) is 0 Å². The molecule has 2 rings (SSSR count). The Hall–Kier alpha value is -1.44. The molecule has 0 spiro atoms. The van der Waals surface area contributed by atoms with Gasteiger partial charge in [-0.05, 0) is 55.0 Å². The SMILES string of the molecule is CCCOc1cc2c(cc1OC)CCC[C]=C2. The van der Waals surface area contributed by atoms with E-state index >= 15 is 0 Å². The van der Waals surface area contributed by atoms with Gasteiger partial charge in [0.2, 0.25) is 0 Å². The van der Waals surface area contributed by atoms with Gasteiger partial charge in [0.1, 0.15) is 0 Å². The fourth-order valence-corrected chi connectivity index (χ4v) is 2.02. The van der Waals surface area contributed by atoms with Crippen LogP contribution in [0.15, 0.2) is 12.1 Å². The summed E-state index contributed by atoms with van der Waals surface area (Å²) in [6.07, 6.45) is 9.65. The number of aryl methyl sites for hydroxylation is 1. The second-order valence-electron chi connectivity index (χ2n) is 4.25. The highest BCUT2D eigenvalue weighted by Gasteiger charge is 2.11. The number of allylic oxidation sites excluding steroid dienone is 1. The first-order valence-corrected chi connectivity index (χ1v) is 6.25. The van der Waals surface area contributed by atoms with Crippen molar-refractivity contribution in [2.75, 3.05) is 13.7 Å². The second-order valence-corrected chi connectivity index (χ2v) is 4.25. The monoisotopic (exact) mass is 231 g/mol. The van der Waals surface area contributed by atoms with Crippen molar-refractivity contribution in [3.8, 4) is 11.5 Å². The van der Waals surface area contributed by atoms with E-state index in [0.29, 0.717) is 0 Å². The first-order valence-electron chi connectivity index (χ1n) is 6.25. The fourth-order valence-electron chi connectivity index (χ4n) is 2.02. The van der Waals surface area contributed by atoms with Crippen LogP contribution in [0.25, 0.3) is 6.08 Å². The number of hydrogen-bond acceptors (Lipinski definition) is 2. The summed E-state index contributed by atoms with van der Waals surface area (Å²) in [5.74, 6) is 1.68. The quantitative estimate of drug-likeness (QED) is 0.787. The van der Waals surface area contributed by atoms with Gasteiger partial charge >= 0.3 is 0 Å². The molecule has 1 aromatic carbocycles. The van der Waals surface area contributed by atoms with Crippen LogP contribution in [0.4, 0.5) is 0 Å². The third-order valence-electron chi connectivity index (χ3n) is 2.91. The van der Waals surface area contributed by atoms with Crippen molar-refractivity contribution in [1.29, 1.82) is 0 Å². The highest BCUT2D eigenvalue weighted by Crippen LogP contribution is 2.33. The maximum absolute atomic E-state index is 5.71. The highest BCUT2D eigenvalue weighted by molar-refractivity contribution is 5.60. The van der Waals surface area contributed by atoms with Crippen molar-refractivity contribution in [2.24, 2.45) is 0 Å². The molecule has 0 bridgehead atoms. The molecule has 1 aromatic rings. The standard InChI is InChI=1S/C15H19O2/c1-3-9-17-15-11-13-8-6-4-5-7-12(13)10-14(15)16-2/h8,10-11H,3-5,7,9H2,1-2H3. The summed E-state index contributed by atoms with van der Waals surface area (Å²) in [7, 11) is 1.69. The average Bonchev–Trinajstić information content (AvgIpc) is 2.59. The number of methoxy groups -OCH3 is 1. The van der Waals surface area contributed by atoms with E-state index in [2.05, 4.69) is 31.2 Å². The topological polar surface area (TPSA) is 18.5 Å². The van der Waals surface area contributed by atoms with Crippen molar-refractivity contribution >= 4 is 6.08 Å². The van der Waals surface area contributed by atoms with E-state index in [0.717, 1.165) is 43.8 Å². The van der Waals surface area contributed by atoms with Gasteiger partial charge in [-0.15, -0.1) is 0 Å². The van der Waals surface area contributed by atoms with E-state index in [1.165, 1.54) is 11.1 Å². The van der Waals surface area contributed by atoms with E-state index in [1.54, 1.807) is 7.11 Å². The number of hydrogen-bond donors (Lipinski definition) is 0. The van der Waals surface area contributed by atoms with E-state index in [4.69, 9.17) is 9.47 Å². The summed E-state index contributed by atoms with van der Waals surface area (Å²) in [5.41, 5.74) is 2.55. The van der Waals surface area contributed by atoms with E-state index < -0.39 is 0 Å². The molecule has 0 aromatic heterocycles. The van der Waals surface area contributed by atoms with Crippen LogP contribution >= 0.6 is 0 Å². The molecule has 1 aliphatic carbocycles. The number of rotatable bonds is 4. The van der Waals surface area contributed by atoms with Crippen molar-refractivity contribution in [3.05, 3.63) is 29.3 Å². The maximum atomic E-state index is 5.71. The molecule has 1 radical (unpaired) electrons. The minimum atomic E-state index is 0.725. The molecule has 2 heteroatoms. The summed E-state index contributed by atoms with van der Waals surface area (Å²) in [6, 6.07) is 4.17. The van der Waals surface area contributed by atoms with Crippen LogP contribution < -0.4 is 9.47 Å². The van der Waals surface area contributed by atoms with Crippen molar-refractivity contribution in [3.63, 3.8) is 0 Å². The van der Waals surface area contributed by atoms with Gasteiger partial charge in [0.25, 0.3) is 0 Å². The number of benzene rings is 1. The fraction of sp³-hybridized carbons (Fsp3) is 0.467. The van der Waals surface area contributed by atoms with Crippen molar-refractivity contribution in [2.45, 2.75) is 32.6 Å². The van der Waals surface area contributed by atoms with Crippen molar-refractivity contribution < 1.29 is 9.47 Å². The predicted molar refractivity (Wildman–Crippen MR) is 69.4 cm³/mol. The third-order valence-corrected chi connectivity index (χ3v) is 2.91. The molecule has 17 heavy (non-hydrogen) atoms. The Morgan fingerprint density at radius 2 is 2.18 bits per heavy atom. The Kier molecular flexibility index (Phi) is 4.08. The largest absolute Gasteiger partial charge is 0.493 e.